The van der Waals surface area contributed by atoms with Gasteiger partial charge in [0.05, 0.1) is 12.8 Å². The molecular weight excluding hydrogens is 272 g/mol. The molecule has 6 heteroatoms. The van der Waals surface area contributed by atoms with Crippen molar-refractivity contribution in [3.05, 3.63) is 47.4 Å². The van der Waals surface area contributed by atoms with Gasteiger partial charge in [0.25, 0.3) is 0 Å². The topological polar surface area (TPSA) is 51.5 Å². The molecule has 3 aromatic rings. The Hall–Kier alpha value is -1.92. The van der Waals surface area contributed by atoms with E-state index in [-0.39, 0.29) is 6.04 Å². The van der Waals surface area contributed by atoms with Crippen molar-refractivity contribution in [1.82, 2.24) is 19.7 Å². The molecule has 0 aliphatic heterocycles. The van der Waals surface area contributed by atoms with Crippen LogP contribution in [-0.4, -0.2) is 21.5 Å². The fourth-order valence-corrected chi connectivity index (χ4v) is 2.85. The zero-order chi connectivity index (χ0) is 13.9. The zero-order valence-electron chi connectivity index (χ0n) is 11.4. The van der Waals surface area contributed by atoms with Gasteiger partial charge in [0.15, 0.2) is 4.96 Å². The Morgan fingerprint density at radius 1 is 1.45 bits per heavy atom. The van der Waals surface area contributed by atoms with E-state index < -0.39 is 0 Å². The summed E-state index contributed by atoms with van der Waals surface area (Å²) in [5.74, 6) is 0.678. The largest absolute Gasteiger partial charge is 0.480 e. The van der Waals surface area contributed by atoms with Gasteiger partial charge in [-0.3, -0.25) is 9.38 Å². The van der Waals surface area contributed by atoms with Gasteiger partial charge in [-0.25, -0.2) is 0 Å². The number of hydrogen-bond acceptors (Lipinski definition) is 5. The smallest absolute Gasteiger partial charge is 0.237 e. The van der Waals surface area contributed by atoms with Crippen molar-refractivity contribution < 1.29 is 4.74 Å². The molecule has 1 atom stereocenters. The molecule has 3 aromatic heterocycles. The van der Waals surface area contributed by atoms with Gasteiger partial charge in [-0.1, -0.05) is 6.07 Å². The monoisotopic (exact) mass is 288 g/mol. The standard InChI is InChI=1S/C14H16N4OS/c1-10(11-5-3-4-6-15-11)16-9-12-13(19-2)17-14-18(12)7-8-20-14/h3-8,10,16H,9H2,1-2H3/t10-/m0/s1. The number of nitrogens with zero attached hydrogens (tertiary/aromatic N) is 3. The van der Waals surface area contributed by atoms with Crippen LogP contribution in [0.1, 0.15) is 24.4 Å². The molecule has 0 fully saturated rings. The number of imidazole rings is 1. The maximum atomic E-state index is 5.35. The lowest BCUT2D eigenvalue weighted by molar-refractivity contribution is 0.391. The summed E-state index contributed by atoms with van der Waals surface area (Å²) in [6.45, 7) is 2.78. The predicted molar refractivity (Wildman–Crippen MR) is 79.1 cm³/mol. The first-order valence-electron chi connectivity index (χ1n) is 6.42. The van der Waals surface area contributed by atoms with Gasteiger partial charge in [0.2, 0.25) is 5.88 Å². The second-order valence-corrected chi connectivity index (χ2v) is 5.35. The van der Waals surface area contributed by atoms with Gasteiger partial charge < -0.3 is 10.1 Å². The number of aromatic nitrogens is 3. The van der Waals surface area contributed by atoms with Crippen molar-refractivity contribution in [2.75, 3.05) is 7.11 Å². The number of thiazole rings is 1. The van der Waals surface area contributed by atoms with Gasteiger partial charge in [0, 0.05) is 30.4 Å². The van der Waals surface area contributed by atoms with E-state index in [1.54, 1.807) is 18.4 Å². The minimum atomic E-state index is 0.171. The van der Waals surface area contributed by atoms with Crippen molar-refractivity contribution in [3.63, 3.8) is 0 Å². The Bertz CT molecular complexity index is 692. The summed E-state index contributed by atoms with van der Waals surface area (Å²) in [5, 5.41) is 5.48. The third kappa shape index (κ3) is 2.39. The van der Waals surface area contributed by atoms with Crippen LogP contribution in [-0.2, 0) is 6.54 Å². The van der Waals surface area contributed by atoms with Crippen molar-refractivity contribution in [2.45, 2.75) is 19.5 Å². The molecule has 0 aliphatic carbocycles. The lowest BCUT2D eigenvalue weighted by Gasteiger charge is -2.13. The van der Waals surface area contributed by atoms with Crippen molar-refractivity contribution in [3.8, 4) is 5.88 Å². The summed E-state index contributed by atoms with van der Waals surface area (Å²) in [4.78, 5) is 9.75. The maximum absolute atomic E-state index is 5.35. The van der Waals surface area contributed by atoms with Crippen molar-refractivity contribution in [2.24, 2.45) is 0 Å². The van der Waals surface area contributed by atoms with Crippen LogP contribution in [0.4, 0.5) is 0 Å². The van der Waals surface area contributed by atoms with E-state index in [1.807, 2.05) is 36.0 Å². The van der Waals surface area contributed by atoms with Crippen molar-refractivity contribution >= 4 is 16.3 Å². The molecule has 20 heavy (non-hydrogen) atoms. The molecule has 3 heterocycles. The Kier molecular flexibility index (Phi) is 3.66. The summed E-state index contributed by atoms with van der Waals surface area (Å²) in [7, 11) is 1.65. The molecule has 0 saturated carbocycles. The molecule has 0 bridgehead atoms. The van der Waals surface area contributed by atoms with Crippen LogP contribution in [0.3, 0.4) is 0 Å². The third-order valence-electron chi connectivity index (χ3n) is 3.22. The van der Waals surface area contributed by atoms with Gasteiger partial charge in [-0.2, -0.15) is 4.98 Å². The van der Waals surface area contributed by atoms with Crippen LogP contribution in [0.25, 0.3) is 4.96 Å². The van der Waals surface area contributed by atoms with Gasteiger partial charge in [-0.15, -0.1) is 11.3 Å². The summed E-state index contributed by atoms with van der Waals surface area (Å²) < 4.78 is 7.40. The average Bonchev–Trinajstić information content (AvgIpc) is 3.06. The molecule has 0 radical (unpaired) electrons. The number of rotatable bonds is 5. The number of fused-ring (bicyclic) bond motifs is 1. The normalized spacial score (nSPS) is 12.7. The zero-order valence-corrected chi connectivity index (χ0v) is 12.2. The minimum Gasteiger partial charge on any atom is -0.480 e. The molecule has 3 rings (SSSR count). The van der Waals surface area contributed by atoms with Crippen molar-refractivity contribution in [1.29, 1.82) is 0 Å². The minimum absolute atomic E-state index is 0.171. The highest BCUT2D eigenvalue weighted by molar-refractivity contribution is 7.15. The second kappa shape index (κ2) is 5.60. The predicted octanol–water partition coefficient (Wildman–Crippen LogP) is 2.65. The fourth-order valence-electron chi connectivity index (χ4n) is 2.12. The molecule has 0 aromatic carbocycles. The summed E-state index contributed by atoms with van der Waals surface area (Å²) >= 11 is 1.60. The molecular formula is C14H16N4OS. The molecule has 0 spiro atoms. The molecule has 5 nitrogen and oxygen atoms in total. The van der Waals surface area contributed by atoms with E-state index >= 15 is 0 Å². The summed E-state index contributed by atoms with van der Waals surface area (Å²) in [5.41, 5.74) is 2.06. The lowest BCUT2D eigenvalue weighted by Crippen LogP contribution is -2.20. The first kappa shape index (κ1) is 13.1. The summed E-state index contributed by atoms with van der Waals surface area (Å²) in [6, 6.07) is 6.11. The Morgan fingerprint density at radius 3 is 3.10 bits per heavy atom. The highest BCUT2D eigenvalue weighted by atomic mass is 32.1. The first-order chi connectivity index (χ1) is 9.79. The molecule has 0 amide bonds. The van der Waals surface area contributed by atoms with Crippen LogP contribution < -0.4 is 10.1 Å². The van der Waals surface area contributed by atoms with Gasteiger partial charge in [0.1, 0.15) is 5.69 Å². The van der Waals surface area contributed by atoms with E-state index in [9.17, 15) is 0 Å². The SMILES string of the molecule is COc1nc2sccn2c1CN[C@@H](C)c1ccccn1. The number of pyridine rings is 1. The van der Waals surface area contributed by atoms with Crippen LogP contribution in [0.5, 0.6) is 5.88 Å². The molecule has 104 valence electrons. The fraction of sp³-hybridized carbons (Fsp3) is 0.286. The van der Waals surface area contributed by atoms with E-state index in [4.69, 9.17) is 4.74 Å². The lowest BCUT2D eigenvalue weighted by atomic mass is 10.2. The van der Waals surface area contributed by atoms with Crippen LogP contribution >= 0.6 is 11.3 Å². The Balaban J connectivity index is 1.78. The second-order valence-electron chi connectivity index (χ2n) is 4.48. The highest BCUT2D eigenvalue weighted by Gasteiger charge is 2.15. The first-order valence-corrected chi connectivity index (χ1v) is 7.30. The number of methoxy groups -OCH3 is 1. The molecule has 0 unspecified atom stereocenters. The molecule has 0 saturated heterocycles. The van der Waals surface area contributed by atoms with E-state index in [1.165, 1.54) is 0 Å². The van der Waals surface area contributed by atoms with Crippen LogP contribution in [0.15, 0.2) is 36.0 Å². The summed E-state index contributed by atoms with van der Waals surface area (Å²) in [6.07, 6.45) is 3.82. The Labute approximate surface area is 121 Å². The van der Waals surface area contributed by atoms with Gasteiger partial charge in [-0.05, 0) is 19.1 Å². The number of hydrogen-bond donors (Lipinski definition) is 1. The molecule has 1 N–H and O–H groups in total. The Morgan fingerprint density at radius 2 is 2.35 bits per heavy atom. The third-order valence-corrected chi connectivity index (χ3v) is 3.98. The number of nitrogens with one attached hydrogen (secondary N) is 1. The average molecular weight is 288 g/mol. The number of ether oxygens (including phenoxy) is 1. The van der Waals surface area contributed by atoms with E-state index in [0.29, 0.717) is 12.4 Å². The quantitative estimate of drug-likeness (QED) is 0.784. The van der Waals surface area contributed by atoms with E-state index in [2.05, 4.69) is 26.6 Å². The van der Waals surface area contributed by atoms with E-state index in [0.717, 1.165) is 16.3 Å². The maximum Gasteiger partial charge on any atom is 0.237 e. The molecule has 0 aliphatic rings. The van der Waals surface area contributed by atoms with Crippen LogP contribution in [0, 0.1) is 0 Å². The highest BCUT2D eigenvalue weighted by Crippen LogP contribution is 2.23. The van der Waals surface area contributed by atoms with Gasteiger partial charge >= 0.3 is 0 Å². The van der Waals surface area contributed by atoms with Crippen LogP contribution in [0.2, 0.25) is 0 Å².